The minimum atomic E-state index is -1.08. The summed E-state index contributed by atoms with van der Waals surface area (Å²) in [7, 11) is 0. The van der Waals surface area contributed by atoms with E-state index < -0.39 is 12.0 Å². The van der Waals surface area contributed by atoms with E-state index in [4.69, 9.17) is 10.8 Å². The molecule has 1 heterocycles. The van der Waals surface area contributed by atoms with Gasteiger partial charge in [0.2, 0.25) is 0 Å². The van der Waals surface area contributed by atoms with Crippen LogP contribution in [0.25, 0.3) is 5.69 Å². The number of carboxylic acids is 1. The molecule has 0 aliphatic rings. The Morgan fingerprint density at radius 2 is 2.12 bits per heavy atom. The van der Waals surface area contributed by atoms with Crippen molar-refractivity contribution in [2.45, 2.75) is 12.5 Å². The third kappa shape index (κ3) is 2.45. The standard InChI is InChI=1S/C10H11N5O2/c11-8(10(16)17)6-9-12-13-14-15(9)7-4-2-1-3-5-7/h1-5,8H,6,11H2,(H,16,17)/t8-/m0/s1. The third-order valence-electron chi connectivity index (χ3n) is 2.25. The number of aromatic nitrogens is 4. The van der Waals surface area contributed by atoms with Gasteiger partial charge in [-0.1, -0.05) is 18.2 Å². The largest absolute Gasteiger partial charge is 0.480 e. The van der Waals surface area contributed by atoms with Crippen LogP contribution in [0.3, 0.4) is 0 Å². The fraction of sp³-hybridized carbons (Fsp3) is 0.200. The van der Waals surface area contributed by atoms with Crippen LogP contribution < -0.4 is 5.73 Å². The lowest BCUT2D eigenvalue weighted by molar-refractivity contribution is -0.138. The van der Waals surface area contributed by atoms with E-state index in [1.807, 2.05) is 30.3 Å². The second kappa shape index (κ2) is 4.71. The van der Waals surface area contributed by atoms with Gasteiger partial charge in [0.05, 0.1) is 5.69 Å². The maximum absolute atomic E-state index is 10.7. The van der Waals surface area contributed by atoms with Gasteiger partial charge in [-0.3, -0.25) is 4.79 Å². The molecule has 0 aliphatic carbocycles. The molecule has 3 N–H and O–H groups in total. The van der Waals surface area contributed by atoms with Gasteiger partial charge in [0, 0.05) is 6.42 Å². The minimum absolute atomic E-state index is 0.0806. The Hall–Kier alpha value is -2.28. The van der Waals surface area contributed by atoms with E-state index in [-0.39, 0.29) is 6.42 Å². The molecule has 1 atom stereocenters. The summed E-state index contributed by atoms with van der Waals surface area (Å²) in [6.07, 6.45) is 0.0806. The zero-order valence-electron chi connectivity index (χ0n) is 8.89. The summed E-state index contributed by atoms with van der Waals surface area (Å²) in [5.74, 6) is -0.654. The summed E-state index contributed by atoms with van der Waals surface area (Å²) >= 11 is 0. The normalized spacial score (nSPS) is 12.3. The lowest BCUT2D eigenvalue weighted by atomic mass is 10.2. The number of para-hydroxylation sites is 1. The Bertz CT molecular complexity index is 510. The number of carbonyl (C=O) groups is 1. The number of nitrogens with zero attached hydrogens (tertiary/aromatic N) is 4. The van der Waals surface area contributed by atoms with Crippen molar-refractivity contribution in [2.24, 2.45) is 5.73 Å². The molecule has 0 bridgehead atoms. The first-order chi connectivity index (χ1) is 8.18. The molecule has 0 spiro atoms. The van der Waals surface area contributed by atoms with Crippen molar-refractivity contribution in [1.29, 1.82) is 0 Å². The van der Waals surface area contributed by atoms with Crippen molar-refractivity contribution in [3.8, 4) is 5.69 Å². The van der Waals surface area contributed by atoms with E-state index in [0.29, 0.717) is 5.82 Å². The first-order valence-corrected chi connectivity index (χ1v) is 4.99. The SMILES string of the molecule is N[C@@H](Cc1nnnn1-c1ccccc1)C(=O)O. The van der Waals surface area contributed by atoms with Crippen LogP contribution in [0.1, 0.15) is 5.82 Å². The van der Waals surface area contributed by atoms with Gasteiger partial charge in [-0.25, -0.2) is 0 Å². The number of hydrogen-bond acceptors (Lipinski definition) is 5. The highest BCUT2D eigenvalue weighted by Crippen LogP contribution is 2.08. The molecule has 2 aromatic rings. The molecule has 1 aromatic heterocycles. The minimum Gasteiger partial charge on any atom is -0.480 e. The number of hydrogen-bond donors (Lipinski definition) is 2. The molecule has 17 heavy (non-hydrogen) atoms. The first-order valence-electron chi connectivity index (χ1n) is 4.99. The Balaban J connectivity index is 2.26. The van der Waals surface area contributed by atoms with Gasteiger partial charge in [0.25, 0.3) is 0 Å². The van der Waals surface area contributed by atoms with E-state index in [0.717, 1.165) is 5.69 Å². The van der Waals surface area contributed by atoms with Gasteiger partial charge in [0.15, 0.2) is 5.82 Å². The number of carboxylic acid groups (broad SMARTS) is 1. The molecule has 0 unspecified atom stereocenters. The van der Waals surface area contributed by atoms with Crippen molar-refractivity contribution < 1.29 is 9.90 Å². The van der Waals surface area contributed by atoms with Gasteiger partial charge in [-0.15, -0.1) is 5.10 Å². The highest BCUT2D eigenvalue weighted by Gasteiger charge is 2.17. The predicted molar refractivity (Wildman–Crippen MR) is 58.5 cm³/mol. The van der Waals surface area contributed by atoms with Gasteiger partial charge in [-0.05, 0) is 22.6 Å². The van der Waals surface area contributed by atoms with Crippen LogP contribution in [0.4, 0.5) is 0 Å². The van der Waals surface area contributed by atoms with Gasteiger partial charge in [-0.2, -0.15) is 4.68 Å². The highest BCUT2D eigenvalue weighted by atomic mass is 16.4. The van der Waals surface area contributed by atoms with Crippen molar-refractivity contribution in [2.75, 3.05) is 0 Å². The lowest BCUT2D eigenvalue weighted by Crippen LogP contribution is -2.33. The van der Waals surface area contributed by atoms with Crippen LogP contribution in [0, 0.1) is 0 Å². The monoisotopic (exact) mass is 233 g/mol. The highest BCUT2D eigenvalue weighted by molar-refractivity contribution is 5.73. The summed E-state index contributed by atoms with van der Waals surface area (Å²) in [6.45, 7) is 0. The van der Waals surface area contributed by atoms with Crippen LogP contribution in [-0.2, 0) is 11.2 Å². The van der Waals surface area contributed by atoms with Crippen LogP contribution in [0.5, 0.6) is 0 Å². The summed E-state index contributed by atoms with van der Waals surface area (Å²) < 4.78 is 1.48. The Kier molecular flexibility index (Phi) is 3.10. The van der Waals surface area contributed by atoms with E-state index in [1.165, 1.54) is 4.68 Å². The van der Waals surface area contributed by atoms with Crippen LogP contribution in [-0.4, -0.2) is 37.3 Å². The summed E-state index contributed by atoms with van der Waals surface area (Å²) in [5.41, 5.74) is 6.21. The number of rotatable bonds is 4. The molecule has 0 saturated heterocycles. The molecule has 2 rings (SSSR count). The van der Waals surface area contributed by atoms with E-state index in [1.54, 1.807) is 0 Å². The number of nitrogens with two attached hydrogens (primary N) is 1. The molecular weight excluding hydrogens is 222 g/mol. The summed E-state index contributed by atoms with van der Waals surface area (Å²) in [4.78, 5) is 10.7. The molecule has 1 aromatic carbocycles. The molecular formula is C10H11N5O2. The molecule has 88 valence electrons. The van der Waals surface area contributed by atoms with E-state index in [9.17, 15) is 4.79 Å². The maximum atomic E-state index is 10.7. The number of aliphatic carboxylic acids is 1. The average molecular weight is 233 g/mol. The Morgan fingerprint density at radius 3 is 2.76 bits per heavy atom. The molecule has 0 amide bonds. The van der Waals surface area contributed by atoms with Crippen molar-refractivity contribution in [3.05, 3.63) is 36.2 Å². The quantitative estimate of drug-likeness (QED) is 0.745. The maximum Gasteiger partial charge on any atom is 0.320 e. The average Bonchev–Trinajstić information content (AvgIpc) is 2.78. The van der Waals surface area contributed by atoms with Crippen molar-refractivity contribution in [3.63, 3.8) is 0 Å². The Morgan fingerprint density at radius 1 is 1.41 bits per heavy atom. The second-order valence-corrected chi connectivity index (χ2v) is 3.49. The van der Waals surface area contributed by atoms with Crippen molar-refractivity contribution >= 4 is 5.97 Å². The van der Waals surface area contributed by atoms with Gasteiger partial charge in [0.1, 0.15) is 6.04 Å². The third-order valence-corrected chi connectivity index (χ3v) is 2.25. The first kappa shape index (κ1) is 11.2. The summed E-state index contributed by atoms with van der Waals surface area (Å²) in [6, 6.07) is 8.20. The number of tetrazole rings is 1. The second-order valence-electron chi connectivity index (χ2n) is 3.49. The lowest BCUT2D eigenvalue weighted by Gasteiger charge is -2.06. The van der Waals surface area contributed by atoms with Crippen LogP contribution in [0.15, 0.2) is 30.3 Å². The fourth-order valence-electron chi connectivity index (χ4n) is 1.39. The molecule has 0 aliphatic heterocycles. The zero-order chi connectivity index (χ0) is 12.3. The van der Waals surface area contributed by atoms with E-state index >= 15 is 0 Å². The fourth-order valence-corrected chi connectivity index (χ4v) is 1.39. The predicted octanol–water partition coefficient (Wildman–Crippen LogP) is -0.383. The van der Waals surface area contributed by atoms with Crippen LogP contribution >= 0.6 is 0 Å². The Labute approximate surface area is 96.9 Å². The van der Waals surface area contributed by atoms with Gasteiger partial charge >= 0.3 is 5.97 Å². The molecule has 0 radical (unpaired) electrons. The van der Waals surface area contributed by atoms with Crippen LogP contribution in [0.2, 0.25) is 0 Å². The smallest absolute Gasteiger partial charge is 0.320 e. The van der Waals surface area contributed by atoms with Crippen molar-refractivity contribution in [1.82, 2.24) is 20.2 Å². The molecule has 0 fully saturated rings. The molecule has 0 saturated carbocycles. The van der Waals surface area contributed by atoms with Gasteiger partial charge < -0.3 is 10.8 Å². The molecule has 7 nitrogen and oxygen atoms in total. The van der Waals surface area contributed by atoms with E-state index in [2.05, 4.69) is 15.5 Å². The topological polar surface area (TPSA) is 107 Å². The zero-order valence-corrected chi connectivity index (χ0v) is 8.89. The number of benzene rings is 1. The molecule has 7 heteroatoms. The summed E-state index contributed by atoms with van der Waals surface area (Å²) in [5, 5.41) is 19.8.